The number of rotatable bonds is 2. The Balaban J connectivity index is 2.12. The molecule has 1 fully saturated rings. The van der Waals surface area contributed by atoms with E-state index in [1.54, 1.807) is 0 Å². The van der Waals surface area contributed by atoms with E-state index in [0.29, 0.717) is 0 Å². The molecule has 2 rings (SSSR count). The van der Waals surface area contributed by atoms with Crippen LogP contribution < -0.4 is 16.1 Å². The summed E-state index contributed by atoms with van der Waals surface area (Å²) in [6, 6.07) is 0. The van der Waals surface area contributed by atoms with Gasteiger partial charge in [-0.1, -0.05) is 0 Å². The molecule has 0 radical (unpaired) electrons. The van der Waals surface area contributed by atoms with E-state index >= 15 is 0 Å². The Hall–Kier alpha value is -0.870. The maximum Gasteiger partial charge on any atom is 0.111 e. The number of hydrogen-bond acceptors (Lipinski definition) is 2. The topological polar surface area (TPSA) is 57.6 Å². The summed E-state index contributed by atoms with van der Waals surface area (Å²) in [4.78, 5) is 0. The van der Waals surface area contributed by atoms with Gasteiger partial charge >= 0.3 is 0 Å². The molecule has 1 saturated heterocycles. The highest BCUT2D eigenvalue weighted by atomic mass is 15.3. The normalized spacial score (nSPS) is 28.7. The third kappa shape index (κ3) is 4.82. The summed E-state index contributed by atoms with van der Waals surface area (Å²) in [6.07, 6.45) is 5.46. The van der Waals surface area contributed by atoms with Crippen molar-refractivity contribution < 1.29 is 10.6 Å². The molecule has 0 bridgehead atoms. The summed E-state index contributed by atoms with van der Waals surface area (Å²) in [6.45, 7) is 18.4. The van der Waals surface area contributed by atoms with Gasteiger partial charge in [-0.3, -0.25) is 5.43 Å². The molecule has 22 heavy (non-hydrogen) atoms. The van der Waals surface area contributed by atoms with E-state index in [4.69, 9.17) is 5.10 Å². The molecule has 126 valence electrons. The van der Waals surface area contributed by atoms with Crippen LogP contribution in [0.1, 0.15) is 74.7 Å². The summed E-state index contributed by atoms with van der Waals surface area (Å²) in [7, 11) is 0. The number of hydrazone groups is 1. The molecule has 0 aliphatic carbocycles. The molecule has 0 amide bonds. The van der Waals surface area contributed by atoms with Crippen LogP contribution in [-0.2, 0) is 0 Å². The smallest absolute Gasteiger partial charge is 0.111 e. The van der Waals surface area contributed by atoms with Gasteiger partial charge in [-0.05, 0) is 61.5 Å². The summed E-state index contributed by atoms with van der Waals surface area (Å²) in [5, 5.41) is 9.72. The SMILES string of the molecule is CC1(C)C=C(NN=C2CC(C)(C)[NH2+]C(C)(C)C2)CC(C)(C)[NH2+]1. The van der Waals surface area contributed by atoms with Gasteiger partial charge < -0.3 is 10.6 Å². The van der Waals surface area contributed by atoms with Crippen molar-refractivity contribution in [2.45, 2.75) is 96.8 Å². The van der Waals surface area contributed by atoms with Crippen molar-refractivity contribution in [3.8, 4) is 0 Å². The minimum Gasteiger partial charge on any atom is -0.337 e. The largest absolute Gasteiger partial charge is 0.337 e. The van der Waals surface area contributed by atoms with Crippen molar-refractivity contribution in [3.05, 3.63) is 11.8 Å². The van der Waals surface area contributed by atoms with Gasteiger partial charge in [0.15, 0.2) is 0 Å². The Morgan fingerprint density at radius 3 is 1.82 bits per heavy atom. The van der Waals surface area contributed by atoms with E-state index in [2.05, 4.69) is 77.5 Å². The molecule has 4 nitrogen and oxygen atoms in total. The molecule has 0 spiro atoms. The number of nitrogens with one attached hydrogen (secondary N) is 1. The van der Waals surface area contributed by atoms with Crippen LogP contribution in [0, 0.1) is 0 Å². The maximum absolute atomic E-state index is 4.79. The van der Waals surface area contributed by atoms with Crippen LogP contribution in [0.2, 0.25) is 0 Å². The van der Waals surface area contributed by atoms with Crippen molar-refractivity contribution in [1.82, 2.24) is 5.43 Å². The van der Waals surface area contributed by atoms with Crippen LogP contribution in [0.5, 0.6) is 0 Å². The van der Waals surface area contributed by atoms with Gasteiger partial charge in [0.05, 0.1) is 22.3 Å². The zero-order chi connectivity index (χ0) is 16.8. The minimum atomic E-state index is 0.128. The van der Waals surface area contributed by atoms with Crippen molar-refractivity contribution >= 4 is 5.71 Å². The Morgan fingerprint density at radius 2 is 1.32 bits per heavy atom. The van der Waals surface area contributed by atoms with Crippen molar-refractivity contribution in [1.29, 1.82) is 0 Å². The summed E-state index contributed by atoms with van der Waals surface area (Å²) >= 11 is 0. The summed E-state index contributed by atoms with van der Waals surface area (Å²) in [5.41, 5.74) is 6.76. The molecule has 0 aromatic rings. The standard InChI is InChI=1S/C18H34N4/c1-15(2)9-13(10-16(3,4)21-15)19-20-14-11-17(5,6)22-18(7,8)12-14/h9,19,21-22H,10-12H2,1-8H3/p+2. The number of nitrogens with zero attached hydrogens (tertiary/aromatic N) is 1. The molecule has 0 unspecified atom stereocenters. The molecule has 0 atom stereocenters. The highest BCUT2D eigenvalue weighted by molar-refractivity contribution is 5.86. The van der Waals surface area contributed by atoms with Gasteiger partial charge in [-0.2, -0.15) is 5.10 Å². The second-order valence-corrected chi connectivity index (χ2v) is 10.1. The van der Waals surface area contributed by atoms with Gasteiger partial charge in [0, 0.05) is 25.0 Å². The second kappa shape index (κ2) is 5.34. The molecular formula is C18H36N4+2. The predicted molar refractivity (Wildman–Crippen MR) is 92.7 cm³/mol. The lowest BCUT2D eigenvalue weighted by Gasteiger charge is -2.40. The number of piperidine rings is 1. The zero-order valence-electron chi connectivity index (χ0n) is 15.8. The van der Waals surface area contributed by atoms with E-state index in [-0.39, 0.29) is 22.2 Å². The predicted octanol–water partition coefficient (Wildman–Crippen LogP) is 1.25. The Morgan fingerprint density at radius 1 is 0.818 bits per heavy atom. The second-order valence-electron chi connectivity index (χ2n) is 10.1. The van der Waals surface area contributed by atoms with E-state index in [0.717, 1.165) is 19.3 Å². The lowest BCUT2D eigenvalue weighted by Crippen LogP contribution is -3.05. The number of nitrogens with two attached hydrogens (primary N) is 2. The fraction of sp³-hybridized carbons (Fsp3) is 0.833. The molecule has 2 aliphatic heterocycles. The van der Waals surface area contributed by atoms with Crippen LogP contribution >= 0.6 is 0 Å². The van der Waals surface area contributed by atoms with E-state index in [1.165, 1.54) is 11.4 Å². The van der Waals surface area contributed by atoms with Gasteiger partial charge in [0.1, 0.15) is 5.54 Å². The third-order valence-corrected chi connectivity index (χ3v) is 4.41. The van der Waals surface area contributed by atoms with Crippen molar-refractivity contribution in [2.75, 3.05) is 0 Å². The monoisotopic (exact) mass is 308 g/mol. The molecule has 0 aromatic heterocycles. The zero-order valence-corrected chi connectivity index (χ0v) is 15.8. The Kier molecular flexibility index (Phi) is 4.25. The fourth-order valence-corrected chi connectivity index (χ4v) is 4.67. The van der Waals surface area contributed by atoms with E-state index < -0.39 is 0 Å². The molecule has 0 aromatic carbocycles. The molecule has 2 aliphatic rings. The molecule has 0 saturated carbocycles. The van der Waals surface area contributed by atoms with Gasteiger partial charge in [-0.25, -0.2) is 0 Å². The molecule has 4 heteroatoms. The first-order valence-corrected chi connectivity index (χ1v) is 8.55. The third-order valence-electron chi connectivity index (χ3n) is 4.41. The average molecular weight is 309 g/mol. The first-order valence-electron chi connectivity index (χ1n) is 8.55. The molecule has 2 heterocycles. The maximum atomic E-state index is 4.79. The van der Waals surface area contributed by atoms with Crippen LogP contribution in [0.15, 0.2) is 16.9 Å². The first kappa shape index (κ1) is 17.5. The Bertz CT molecular complexity index is 477. The van der Waals surface area contributed by atoms with Gasteiger partial charge in [0.25, 0.3) is 0 Å². The van der Waals surface area contributed by atoms with Crippen molar-refractivity contribution in [3.63, 3.8) is 0 Å². The van der Waals surface area contributed by atoms with Crippen LogP contribution in [-0.4, -0.2) is 27.9 Å². The van der Waals surface area contributed by atoms with Gasteiger partial charge in [0.2, 0.25) is 0 Å². The van der Waals surface area contributed by atoms with Crippen molar-refractivity contribution in [2.24, 2.45) is 5.10 Å². The summed E-state index contributed by atoms with van der Waals surface area (Å²) in [5.74, 6) is 0. The van der Waals surface area contributed by atoms with Crippen LogP contribution in [0.25, 0.3) is 0 Å². The lowest BCUT2D eigenvalue weighted by molar-refractivity contribution is -0.780. The first-order chi connectivity index (χ1) is 9.78. The number of quaternary nitrogens is 2. The fourth-order valence-electron chi connectivity index (χ4n) is 4.67. The minimum absolute atomic E-state index is 0.128. The highest BCUT2D eigenvalue weighted by Gasteiger charge is 2.40. The van der Waals surface area contributed by atoms with Gasteiger partial charge in [-0.15, -0.1) is 0 Å². The number of hydrogen-bond donors (Lipinski definition) is 3. The Labute approximate surface area is 136 Å². The highest BCUT2D eigenvalue weighted by Crippen LogP contribution is 2.21. The van der Waals surface area contributed by atoms with E-state index in [1.807, 2.05) is 0 Å². The quantitative estimate of drug-likeness (QED) is 0.661. The van der Waals surface area contributed by atoms with Crippen LogP contribution in [0.4, 0.5) is 0 Å². The van der Waals surface area contributed by atoms with Crippen LogP contribution in [0.3, 0.4) is 0 Å². The summed E-state index contributed by atoms with van der Waals surface area (Å²) < 4.78 is 0. The molecular weight excluding hydrogens is 272 g/mol. The molecule has 5 N–H and O–H groups in total. The van der Waals surface area contributed by atoms with E-state index in [9.17, 15) is 0 Å². The lowest BCUT2D eigenvalue weighted by atomic mass is 9.81. The average Bonchev–Trinajstić information content (AvgIpc) is 2.17.